The van der Waals surface area contributed by atoms with Crippen LogP contribution in [-0.4, -0.2) is 64.7 Å². The fourth-order valence-corrected chi connectivity index (χ4v) is 2.43. The second-order valence-corrected chi connectivity index (χ2v) is 5.18. The lowest BCUT2D eigenvalue weighted by Crippen LogP contribution is -2.29. The molecular weight excluding hydrogens is 246 g/mol. The summed E-state index contributed by atoms with van der Waals surface area (Å²) in [5.41, 5.74) is 0.904. The molecule has 2 heterocycles. The molecule has 0 amide bonds. The molecule has 7 nitrogen and oxygen atoms in total. The summed E-state index contributed by atoms with van der Waals surface area (Å²) in [5.74, 6) is -0.742. The molecule has 2 N–H and O–H groups in total. The molecule has 1 aromatic heterocycles. The average Bonchev–Trinajstić information content (AvgIpc) is 2.81. The Morgan fingerprint density at radius 3 is 2.74 bits per heavy atom. The molecule has 0 radical (unpaired) electrons. The van der Waals surface area contributed by atoms with Crippen LogP contribution in [-0.2, 0) is 6.54 Å². The Morgan fingerprint density at radius 1 is 1.47 bits per heavy atom. The quantitative estimate of drug-likeness (QED) is 0.781. The summed E-state index contributed by atoms with van der Waals surface area (Å²) < 4.78 is 1.76. The van der Waals surface area contributed by atoms with Crippen molar-refractivity contribution in [1.82, 2.24) is 25.2 Å². The van der Waals surface area contributed by atoms with Crippen molar-refractivity contribution >= 4 is 5.97 Å². The number of carboxylic acids is 1. The highest BCUT2D eigenvalue weighted by Gasteiger charge is 2.27. The molecule has 1 aliphatic rings. The Balaban J connectivity index is 2.24. The van der Waals surface area contributed by atoms with Crippen LogP contribution in [0.25, 0.3) is 0 Å². The van der Waals surface area contributed by atoms with Crippen molar-refractivity contribution in [1.29, 1.82) is 0 Å². The molecule has 106 valence electrons. The van der Waals surface area contributed by atoms with Crippen molar-refractivity contribution < 1.29 is 9.90 Å². The largest absolute Gasteiger partial charge is 0.476 e. The zero-order valence-corrected chi connectivity index (χ0v) is 11.5. The Bertz CT molecular complexity index is 437. The van der Waals surface area contributed by atoms with Gasteiger partial charge in [-0.15, -0.1) is 5.10 Å². The minimum Gasteiger partial charge on any atom is -0.476 e. The van der Waals surface area contributed by atoms with Crippen molar-refractivity contribution in [2.24, 2.45) is 0 Å². The first-order chi connectivity index (χ1) is 9.09. The molecule has 7 heteroatoms. The number of nitrogens with one attached hydrogen (secondary N) is 1. The molecule has 19 heavy (non-hydrogen) atoms. The van der Waals surface area contributed by atoms with Gasteiger partial charge in [0.2, 0.25) is 0 Å². The van der Waals surface area contributed by atoms with Gasteiger partial charge in [0.15, 0.2) is 5.69 Å². The lowest BCUT2D eigenvalue weighted by molar-refractivity contribution is 0.0688. The van der Waals surface area contributed by atoms with E-state index in [1.54, 1.807) is 4.68 Å². The molecule has 1 aromatic rings. The molecule has 0 spiro atoms. The van der Waals surface area contributed by atoms with Gasteiger partial charge in [-0.1, -0.05) is 5.21 Å². The molecule has 0 bridgehead atoms. The summed E-state index contributed by atoms with van der Waals surface area (Å²) in [5, 5.41) is 20.4. The first-order valence-electron chi connectivity index (χ1n) is 6.61. The maximum Gasteiger partial charge on any atom is 0.358 e. The van der Waals surface area contributed by atoms with Crippen LogP contribution >= 0.6 is 0 Å². The van der Waals surface area contributed by atoms with E-state index in [0.717, 1.165) is 38.2 Å². The maximum absolute atomic E-state index is 11.3. The lowest BCUT2D eigenvalue weighted by Gasteiger charge is -2.23. The van der Waals surface area contributed by atoms with Crippen LogP contribution in [0.2, 0.25) is 0 Å². The minimum absolute atomic E-state index is 0.116. The molecule has 2 rings (SSSR count). The Kier molecular flexibility index (Phi) is 4.49. The second kappa shape index (κ2) is 6.12. The van der Waals surface area contributed by atoms with Crippen molar-refractivity contribution in [2.45, 2.75) is 25.3 Å². The third-order valence-electron chi connectivity index (χ3n) is 3.46. The number of likely N-dealkylation sites (N-methyl/N-ethyl adjacent to an activating group) is 1. The van der Waals surface area contributed by atoms with Crippen LogP contribution in [0.5, 0.6) is 0 Å². The predicted octanol–water partition coefficient (Wildman–Crippen LogP) is 0.00490. The zero-order valence-electron chi connectivity index (χ0n) is 11.5. The van der Waals surface area contributed by atoms with E-state index in [1.807, 2.05) is 19.0 Å². The summed E-state index contributed by atoms with van der Waals surface area (Å²) >= 11 is 0. The lowest BCUT2D eigenvalue weighted by atomic mass is 9.93. The summed E-state index contributed by atoms with van der Waals surface area (Å²) in [7, 11) is 3.97. The van der Waals surface area contributed by atoms with E-state index in [-0.39, 0.29) is 11.6 Å². The fourth-order valence-electron chi connectivity index (χ4n) is 2.43. The molecule has 0 unspecified atom stereocenters. The molecule has 0 aliphatic carbocycles. The topological polar surface area (TPSA) is 83.3 Å². The number of aromatic carboxylic acids is 1. The van der Waals surface area contributed by atoms with Crippen LogP contribution in [0.4, 0.5) is 0 Å². The Hall–Kier alpha value is -1.47. The first-order valence-corrected chi connectivity index (χ1v) is 6.61. The molecule has 1 aliphatic heterocycles. The van der Waals surface area contributed by atoms with E-state index < -0.39 is 5.97 Å². The smallest absolute Gasteiger partial charge is 0.358 e. The number of piperidine rings is 1. The van der Waals surface area contributed by atoms with Crippen LogP contribution in [0.1, 0.15) is 34.9 Å². The Labute approximate surface area is 112 Å². The normalized spacial score (nSPS) is 17.0. The van der Waals surface area contributed by atoms with Crippen molar-refractivity contribution in [3.05, 3.63) is 11.4 Å². The number of carbonyl (C=O) groups is 1. The molecule has 0 aromatic carbocycles. The Morgan fingerprint density at radius 2 is 2.16 bits per heavy atom. The van der Waals surface area contributed by atoms with Gasteiger partial charge in [0, 0.05) is 12.5 Å². The number of rotatable bonds is 5. The third kappa shape index (κ3) is 3.30. The van der Waals surface area contributed by atoms with Gasteiger partial charge in [-0.3, -0.25) is 0 Å². The summed E-state index contributed by atoms with van der Waals surface area (Å²) in [6.45, 7) is 3.33. The van der Waals surface area contributed by atoms with E-state index in [1.165, 1.54) is 0 Å². The average molecular weight is 267 g/mol. The van der Waals surface area contributed by atoms with E-state index in [4.69, 9.17) is 0 Å². The molecule has 0 atom stereocenters. The molecule has 1 saturated heterocycles. The number of nitrogens with zero attached hydrogens (tertiary/aromatic N) is 4. The zero-order chi connectivity index (χ0) is 13.8. The highest BCUT2D eigenvalue weighted by molar-refractivity contribution is 5.86. The summed E-state index contributed by atoms with van der Waals surface area (Å²) in [4.78, 5) is 13.3. The van der Waals surface area contributed by atoms with Crippen LogP contribution < -0.4 is 5.32 Å². The van der Waals surface area contributed by atoms with Gasteiger partial charge in [-0.25, -0.2) is 9.48 Å². The standard InChI is InChI=1S/C12H21N5O2/c1-16(2)7-8-17-11(9-3-5-13-6-4-9)10(12(18)19)14-15-17/h9,13H,3-8H2,1-2H3,(H,18,19). The monoisotopic (exact) mass is 267 g/mol. The van der Waals surface area contributed by atoms with Gasteiger partial charge >= 0.3 is 5.97 Å². The van der Waals surface area contributed by atoms with Gasteiger partial charge in [0.25, 0.3) is 0 Å². The third-order valence-corrected chi connectivity index (χ3v) is 3.46. The molecule has 1 fully saturated rings. The fraction of sp³-hybridized carbons (Fsp3) is 0.750. The first kappa shape index (κ1) is 14.0. The van der Waals surface area contributed by atoms with Gasteiger partial charge < -0.3 is 15.3 Å². The number of hydrogen-bond donors (Lipinski definition) is 2. The SMILES string of the molecule is CN(C)CCn1nnc(C(=O)O)c1C1CCNCC1. The van der Waals surface area contributed by atoms with E-state index in [9.17, 15) is 9.90 Å². The highest BCUT2D eigenvalue weighted by Crippen LogP contribution is 2.27. The van der Waals surface area contributed by atoms with E-state index in [2.05, 4.69) is 15.6 Å². The highest BCUT2D eigenvalue weighted by atomic mass is 16.4. The van der Waals surface area contributed by atoms with Crippen molar-refractivity contribution in [3.8, 4) is 0 Å². The number of aromatic nitrogens is 3. The van der Waals surface area contributed by atoms with Gasteiger partial charge in [-0.05, 0) is 40.0 Å². The molecule has 0 saturated carbocycles. The van der Waals surface area contributed by atoms with E-state index in [0.29, 0.717) is 6.54 Å². The van der Waals surface area contributed by atoms with Crippen LogP contribution in [0.3, 0.4) is 0 Å². The van der Waals surface area contributed by atoms with Gasteiger partial charge in [-0.2, -0.15) is 0 Å². The van der Waals surface area contributed by atoms with Crippen LogP contribution in [0, 0.1) is 0 Å². The maximum atomic E-state index is 11.3. The second-order valence-electron chi connectivity index (χ2n) is 5.18. The van der Waals surface area contributed by atoms with Crippen LogP contribution in [0.15, 0.2) is 0 Å². The summed E-state index contributed by atoms with van der Waals surface area (Å²) in [6, 6.07) is 0. The summed E-state index contributed by atoms with van der Waals surface area (Å²) in [6.07, 6.45) is 1.88. The van der Waals surface area contributed by atoms with Gasteiger partial charge in [0.1, 0.15) is 0 Å². The van der Waals surface area contributed by atoms with Gasteiger partial charge in [0.05, 0.1) is 12.2 Å². The van der Waals surface area contributed by atoms with Crippen molar-refractivity contribution in [2.75, 3.05) is 33.7 Å². The number of carboxylic acid groups (broad SMARTS) is 1. The number of hydrogen-bond acceptors (Lipinski definition) is 5. The predicted molar refractivity (Wildman–Crippen MR) is 70.4 cm³/mol. The van der Waals surface area contributed by atoms with E-state index >= 15 is 0 Å². The molecular formula is C12H21N5O2. The van der Waals surface area contributed by atoms with Crippen molar-refractivity contribution in [3.63, 3.8) is 0 Å². The minimum atomic E-state index is -0.982.